The average molecular weight is 214 g/mol. The van der Waals surface area contributed by atoms with Gasteiger partial charge in [-0.25, -0.2) is 8.78 Å². The van der Waals surface area contributed by atoms with Crippen molar-refractivity contribution in [1.82, 2.24) is 5.32 Å². The molecule has 84 valence electrons. The molecule has 0 spiro atoms. The quantitative estimate of drug-likeness (QED) is 0.786. The van der Waals surface area contributed by atoms with E-state index < -0.39 is 11.6 Å². The maximum atomic E-state index is 13.4. The molecule has 1 atom stereocenters. The molecule has 4 heteroatoms. The zero-order valence-electron chi connectivity index (χ0n) is 8.76. The Morgan fingerprint density at radius 3 is 2.73 bits per heavy atom. The van der Waals surface area contributed by atoms with Crippen LogP contribution in [0.3, 0.4) is 0 Å². The van der Waals surface area contributed by atoms with Crippen molar-refractivity contribution in [2.45, 2.75) is 19.4 Å². The molecule has 0 aliphatic carbocycles. The number of rotatable bonds is 5. The van der Waals surface area contributed by atoms with Crippen LogP contribution in [0.2, 0.25) is 0 Å². The molecule has 2 nitrogen and oxygen atoms in total. The Bertz CT molecular complexity index is 315. The van der Waals surface area contributed by atoms with Crippen LogP contribution in [0.5, 0.6) is 0 Å². The molecule has 0 radical (unpaired) electrons. The van der Waals surface area contributed by atoms with Crippen LogP contribution in [0.4, 0.5) is 8.78 Å². The SMILES string of the molecule is CCCNC(CN)c1cc(F)ccc1F. The van der Waals surface area contributed by atoms with Crippen LogP contribution < -0.4 is 11.1 Å². The van der Waals surface area contributed by atoms with Crippen LogP contribution in [0.1, 0.15) is 24.9 Å². The van der Waals surface area contributed by atoms with Crippen molar-refractivity contribution in [3.63, 3.8) is 0 Å². The lowest BCUT2D eigenvalue weighted by Crippen LogP contribution is -2.29. The number of benzene rings is 1. The first kappa shape index (κ1) is 12.1. The predicted molar refractivity (Wildman–Crippen MR) is 56.4 cm³/mol. The van der Waals surface area contributed by atoms with E-state index in [1.54, 1.807) is 0 Å². The van der Waals surface area contributed by atoms with E-state index in [1.807, 2.05) is 6.92 Å². The number of nitrogens with two attached hydrogens (primary N) is 1. The van der Waals surface area contributed by atoms with Gasteiger partial charge < -0.3 is 11.1 Å². The molecule has 3 N–H and O–H groups in total. The van der Waals surface area contributed by atoms with Crippen LogP contribution in [-0.2, 0) is 0 Å². The highest BCUT2D eigenvalue weighted by Gasteiger charge is 2.13. The van der Waals surface area contributed by atoms with Gasteiger partial charge in [0.25, 0.3) is 0 Å². The third kappa shape index (κ3) is 3.25. The first-order valence-electron chi connectivity index (χ1n) is 5.07. The Labute approximate surface area is 88.5 Å². The Hall–Kier alpha value is -1.00. The molecule has 15 heavy (non-hydrogen) atoms. The first-order chi connectivity index (χ1) is 7.19. The summed E-state index contributed by atoms with van der Waals surface area (Å²) in [5.41, 5.74) is 5.81. The van der Waals surface area contributed by atoms with Gasteiger partial charge in [-0.05, 0) is 31.2 Å². The Kier molecular flexibility index (Phi) is 4.65. The molecular weight excluding hydrogens is 198 g/mol. The molecule has 0 heterocycles. The van der Waals surface area contributed by atoms with Crippen molar-refractivity contribution < 1.29 is 8.78 Å². The van der Waals surface area contributed by atoms with E-state index in [0.717, 1.165) is 25.1 Å². The minimum atomic E-state index is -0.442. The Morgan fingerprint density at radius 2 is 2.13 bits per heavy atom. The average Bonchev–Trinajstić information content (AvgIpc) is 2.24. The van der Waals surface area contributed by atoms with Gasteiger partial charge in [0.05, 0.1) is 0 Å². The second-order valence-electron chi connectivity index (χ2n) is 3.41. The van der Waals surface area contributed by atoms with Crippen LogP contribution in [0.15, 0.2) is 18.2 Å². The lowest BCUT2D eigenvalue weighted by molar-refractivity contribution is 0.499. The summed E-state index contributed by atoms with van der Waals surface area (Å²) in [7, 11) is 0. The highest BCUT2D eigenvalue weighted by Crippen LogP contribution is 2.17. The summed E-state index contributed by atoms with van der Waals surface area (Å²) in [5.74, 6) is -0.862. The molecule has 0 aromatic heterocycles. The zero-order chi connectivity index (χ0) is 11.3. The molecular formula is C11H16F2N2. The summed E-state index contributed by atoms with van der Waals surface area (Å²) in [6, 6.07) is 3.10. The second kappa shape index (κ2) is 5.78. The summed E-state index contributed by atoms with van der Waals surface area (Å²) in [6.07, 6.45) is 0.924. The third-order valence-corrected chi connectivity index (χ3v) is 2.21. The van der Waals surface area contributed by atoms with Gasteiger partial charge in [-0.15, -0.1) is 0 Å². The van der Waals surface area contributed by atoms with Crippen LogP contribution >= 0.6 is 0 Å². The van der Waals surface area contributed by atoms with Gasteiger partial charge >= 0.3 is 0 Å². The summed E-state index contributed by atoms with van der Waals surface area (Å²) < 4.78 is 26.3. The topological polar surface area (TPSA) is 38.0 Å². The minimum Gasteiger partial charge on any atom is -0.329 e. The van der Waals surface area contributed by atoms with Gasteiger partial charge in [0, 0.05) is 18.2 Å². The summed E-state index contributed by atoms with van der Waals surface area (Å²) in [4.78, 5) is 0. The number of halogens is 2. The van der Waals surface area contributed by atoms with Crippen molar-refractivity contribution in [2.24, 2.45) is 5.73 Å². The van der Waals surface area contributed by atoms with Gasteiger partial charge in [0.15, 0.2) is 0 Å². The third-order valence-electron chi connectivity index (χ3n) is 2.21. The molecule has 0 amide bonds. The monoisotopic (exact) mass is 214 g/mol. The molecule has 1 rings (SSSR count). The Balaban J connectivity index is 2.85. The van der Waals surface area contributed by atoms with Crippen LogP contribution in [0.25, 0.3) is 0 Å². The maximum Gasteiger partial charge on any atom is 0.128 e. The number of hydrogen-bond donors (Lipinski definition) is 2. The van der Waals surface area contributed by atoms with Gasteiger partial charge in [-0.2, -0.15) is 0 Å². The van der Waals surface area contributed by atoms with Crippen LogP contribution in [-0.4, -0.2) is 13.1 Å². The van der Waals surface area contributed by atoms with Crippen molar-refractivity contribution in [1.29, 1.82) is 0 Å². The molecule has 0 bridgehead atoms. The molecule has 0 aliphatic heterocycles. The minimum absolute atomic E-state index is 0.250. The molecule has 1 aromatic rings. The lowest BCUT2D eigenvalue weighted by atomic mass is 10.1. The molecule has 0 saturated heterocycles. The summed E-state index contributed by atoms with van der Waals surface area (Å²) in [5, 5.41) is 3.07. The van der Waals surface area contributed by atoms with Crippen molar-refractivity contribution in [3.8, 4) is 0 Å². The van der Waals surface area contributed by atoms with Crippen molar-refractivity contribution in [2.75, 3.05) is 13.1 Å². The van der Waals surface area contributed by atoms with Crippen molar-refractivity contribution in [3.05, 3.63) is 35.4 Å². The standard InChI is InChI=1S/C11H16F2N2/c1-2-5-15-11(7-14)9-6-8(12)3-4-10(9)13/h3-4,6,11,15H,2,5,7,14H2,1H3. The number of nitrogens with one attached hydrogen (secondary N) is 1. The van der Waals surface area contributed by atoms with E-state index >= 15 is 0 Å². The number of hydrogen-bond acceptors (Lipinski definition) is 2. The normalized spacial score (nSPS) is 12.8. The maximum absolute atomic E-state index is 13.4. The van der Waals surface area contributed by atoms with E-state index in [2.05, 4.69) is 5.32 Å². The van der Waals surface area contributed by atoms with E-state index in [1.165, 1.54) is 6.07 Å². The molecule has 0 saturated carbocycles. The molecule has 0 fully saturated rings. The lowest BCUT2D eigenvalue weighted by Gasteiger charge is -2.17. The van der Waals surface area contributed by atoms with E-state index in [-0.39, 0.29) is 12.6 Å². The second-order valence-corrected chi connectivity index (χ2v) is 3.41. The van der Waals surface area contributed by atoms with Gasteiger partial charge in [0.1, 0.15) is 11.6 Å². The van der Waals surface area contributed by atoms with Crippen molar-refractivity contribution >= 4 is 0 Å². The first-order valence-corrected chi connectivity index (χ1v) is 5.07. The Morgan fingerprint density at radius 1 is 1.40 bits per heavy atom. The fourth-order valence-corrected chi connectivity index (χ4v) is 1.42. The van der Waals surface area contributed by atoms with Gasteiger partial charge in [0.2, 0.25) is 0 Å². The largest absolute Gasteiger partial charge is 0.329 e. The molecule has 1 unspecified atom stereocenters. The zero-order valence-corrected chi connectivity index (χ0v) is 8.76. The highest BCUT2D eigenvalue weighted by atomic mass is 19.1. The summed E-state index contributed by atoms with van der Waals surface area (Å²) >= 11 is 0. The summed E-state index contributed by atoms with van der Waals surface area (Å²) in [6.45, 7) is 2.99. The predicted octanol–water partition coefficient (Wildman–Crippen LogP) is 1.96. The van der Waals surface area contributed by atoms with E-state index in [4.69, 9.17) is 5.73 Å². The smallest absolute Gasteiger partial charge is 0.128 e. The molecule has 0 aliphatic rings. The van der Waals surface area contributed by atoms with Gasteiger partial charge in [-0.3, -0.25) is 0 Å². The van der Waals surface area contributed by atoms with E-state index in [9.17, 15) is 8.78 Å². The highest BCUT2D eigenvalue weighted by molar-refractivity contribution is 5.22. The molecule has 1 aromatic carbocycles. The van der Waals surface area contributed by atoms with Crippen LogP contribution in [0, 0.1) is 11.6 Å². The fraction of sp³-hybridized carbons (Fsp3) is 0.455. The van der Waals surface area contributed by atoms with E-state index in [0.29, 0.717) is 5.56 Å². The fourth-order valence-electron chi connectivity index (χ4n) is 1.42. The van der Waals surface area contributed by atoms with Gasteiger partial charge in [-0.1, -0.05) is 6.92 Å².